The summed E-state index contributed by atoms with van der Waals surface area (Å²) >= 11 is 0. The predicted octanol–water partition coefficient (Wildman–Crippen LogP) is 3.14. The van der Waals surface area contributed by atoms with Gasteiger partial charge >= 0.3 is 0 Å². The number of hydrogen-bond acceptors (Lipinski definition) is 4. The SMILES string of the molecule is CS(=O)(=O)c1cc(OCC2CCCNC2)ccc1-c1ccccc1. The predicted molar refractivity (Wildman–Crippen MR) is 96.1 cm³/mol. The van der Waals surface area contributed by atoms with Gasteiger partial charge in [0.15, 0.2) is 9.84 Å². The third-order valence-corrected chi connectivity index (χ3v) is 5.46. The van der Waals surface area contributed by atoms with Gasteiger partial charge in [0.25, 0.3) is 0 Å². The van der Waals surface area contributed by atoms with E-state index >= 15 is 0 Å². The van der Waals surface area contributed by atoms with Crippen LogP contribution in [0.4, 0.5) is 0 Å². The maximum Gasteiger partial charge on any atom is 0.176 e. The highest BCUT2D eigenvalue weighted by Gasteiger charge is 2.17. The van der Waals surface area contributed by atoms with E-state index in [1.165, 1.54) is 6.26 Å². The summed E-state index contributed by atoms with van der Waals surface area (Å²) in [6.45, 7) is 2.64. The molecule has 0 spiro atoms. The first-order valence-electron chi connectivity index (χ1n) is 8.27. The lowest BCUT2D eigenvalue weighted by molar-refractivity contribution is 0.218. The van der Waals surface area contributed by atoms with Gasteiger partial charge in [-0.1, -0.05) is 30.3 Å². The Hall–Kier alpha value is -1.85. The summed E-state index contributed by atoms with van der Waals surface area (Å²) in [5, 5.41) is 3.36. The lowest BCUT2D eigenvalue weighted by Gasteiger charge is -2.23. The molecular weight excluding hydrogens is 322 g/mol. The molecule has 2 aromatic rings. The quantitative estimate of drug-likeness (QED) is 0.904. The molecule has 1 aliphatic rings. The molecule has 1 fully saturated rings. The molecule has 0 saturated carbocycles. The molecule has 24 heavy (non-hydrogen) atoms. The van der Waals surface area contributed by atoms with E-state index in [4.69, 9.17) is 4.74 Å². The highest BCUT2D eigenvalue weighted by atomic mass is 32.2. The normalized spacial score (nSPS) is 18.3. The van der Waals surface area contributed by atoms with Gasteiger partial charge in [-0.2, -0.15) is 0 Å². The number of nitrogens with one attached hydrogen (secondary N) is 1. The first-order valence-corrected chi connectivity index (χ1v) is 10.2. The van der Waals surface area contributed by atoms with E-state index in [1.54, 1.807) is 6.07 Å². The van der Waals surface area contributed by atoms with Crippen molar-refractivity contribution in [1.29, 1.82) is 0 Å². The molecule has 0 bridgehead atoms. The van der Waals surface area contributed by atoms with E-state index in [2.05, 4.69) is 5.32 Å². The minimum atomic E-state index is -3.34. The number of ether oxygens (including phenoxy) is 1. The largest absolute Gasteiger partial charge is 0.493 e. The van der Waals surface area contributed by atoms with Gasteiger partial charge in [-0.15, -0.1) is 0 Å². The zero-order valence-electron chi connectivity index (χ0n) is 13.9. The molecule has 1 heterocycles. The third kappa shape index (κ3) is 4.16. The van der Waals surface area contributed by atoms with Crippen LogP contribution in [0.3, 0.4) is 0 Å². The molecule has 0 radical (unpaired) electrons. The molecule has 0 amide bonds. The molecule has 0 aliphatic carbocycles. The summed E-state index contributed by atoms with van der Waals surface area (Å²) in [4.78, 5) is 0.313. The van der Waals surface area contributed by atoms with E-state index < -0.39 is 9.84 Å². The molecule has 1 atom stereocenters. The van der Waals surface area contributed by atoms with E-state index in [9.17, 15) is 8.42 Å². The van der Waals surface area contributed by atoms with Crippen LogP contribution < -0.4 is 10.1 Å². The van der Waals surface area contributed by atoms with Crippen LogP contribution in [0.25, 0.3) is 11.1 Å². The zero-order chi connectivity index (χ0) is 17.0. The van der Waals surface area contributed by atoms with Crippen LogP contribution in [0, 0.1) is 5.92 Å². The number of sulfone groups is 1. The van der Waals surface area contributed by atoms with Crippen molar-refractivity contribution in [2.45, 2.75) is 17.7 Å². The summed E-state index contributed by atoms with van der Waals surface area (Å²) in [6.07, 6.45) is 3.55. The van der Waals surface area contributed by atoms with Gasteiger partial charge in [0, 0.05) is 24.3 Å². The molecule has 1 unspecified atom stereocenters. The first-order chi connectivity index (χ1) is 11.5. The summed E-state index contributed by atoms with van der Waals surface area (Å²) in [7, 11) is -3.34. The van der Waals surface area contributed by atoms with Crippen molar-refractivity contribution >= 4 is 9.84 Å². The van der Waals surface area contributed by atoms with Crippen LogP contribution in [0.1, 0.15) is 12.8 Å². The smallest absolute Gasteiger partial charge is 0.176 e. The summed E-state index contributed by atoms with van der Waals surface area (Å²) < 4.78 is 30.3. The van der Waals surface area contributed by atoms with Crippen molar-refractivity contribution in [1.82, 2.24) is 5.32 Å². The van der Waals surface area contributed by atoms with Gasteiger partial charge in [0.2, 0.25) is 0 Å². The molecule has 1 aliphatic heterocycles. The first kappa shape index (κ1) is 17.0. The Morgan fingerprint density at radius 1 is 1.17 bits per heavy atom. The monoisotopic (exact) mass is 345 g/mol. The standard InChI is InChI=1S/C19H23NO3S/c1-24(21,22)19-12-17(23-14-15-6-5-11-20-13-15)9-10-18(19)16-7-3-2-4-8-16/h2-4,7-10,12,15,20H,5-6,11,13-14H2,1H3. The fourth-order valence-electron chi connectivity index (χ4n) is 3.04. The number of hydrogen-bond donors (Lipinski definition) is 1. The Bertz CT molecular complexity index is 782. The van der Waals surface area contributed by atoms with Crippen LogP contribution >= 0.6 is 0 Å². The Labute approximate surface area is 143 Å². The van der Waals surface area contributed by atoms with Gasteiger partial charge in [-0.05, 0) is 43.1 Å². The zero-order valence-corrected chi connectivity index (χ0v) is 14.7. The van der Waals surface area contributed by atoms with E-state index in [0.29, 0.717) is 28.7 Å². The molecule has 0 aromatic heterocycles. The maximum absolute atomic E-state index is 12.2. The second kappa shape index (κ2) is 7.36. The van der Waals surface area contributed by atoms with Gasteiger partial charge < -0.3 is 10.1 Å². The Kier molecular flexibility index (Phi) is 5.21. The van der Waals surface area contributed by atoms with Crippen molar-refractivity contribution in [2.75, 3.05) is 26.0 Å². The molecule has 3 rings (SSSR count). The van der Waals surface area contributed by atoms with Crippen LogP contribution in [-0.2, 0) is 9.84 Å². The van der Waals surface area contributed by atoms with Gasteiger partial charge in [0.05, 0.1) is 11.5 Å². The Morgan fingerprint density at radius 3 is 2.62 bits per heavy atom. The fraction of sp³-hybridized carbons (Fsp3) is 0.368. The van der Waals surface area contributed by atoms with Crippen molar-refractivity contribution < 1.29 is 13.2 Å². The molecule has 1 saturated heterocycles. The Morgan fingerprint density at radius 2 is 1.96 bits per heavy atom. The van der Waals surface area contributed by atoms with E-state index in [1.807, 2.05) is 42.5 Å². The highest BCUT2D eigenvalue weighted by molar-refractivity contribution is 7.90. The average molecular weight is 345 g/mol. The molecule has 1 N–H and O–H groups in total. The number of benzene rings is 2. The summed E-state index contributed by atoms with van der Waals surface area (Å²) in [5.41, 5.74) is 1.60. The number of piperidine rings is 1. The van der Waals surface area contributed by atoms with Crippen molar-refractivity contribution in [3.63, 3.8) is 0 Å². The highest BCUT2D eigenvalue weighted by Crippen LogP contribution is 2.31. The molecule has 128 valence electrons. The lowest BCUT2D eigenvalue weighted by Crippen LogP contribution is -2.33. The molecule has 5 heteroatoms. The van der Waals surface area contributed by atoms with E-state index in [0.717, 1.165) is 31.5 Å². The van der Waals surface area contributed by atoms with Crippen LogP contribution in [0.15, 0.2) is 53.4 Å². The maximum atomic E-state index is 12.2. The van der Waals surface area contributed by atoms with Gasteiger partial charge in [-0.3, -0.25) is 0 Å². The lowest BCUT2D eigenvalue weighted by atomic mass is 10.0. The average Bonchev–Trinajstić information content (AvgIpc) is 2.61. The van der Waals surface area contributed by atoms with Crippen LogP contribution in [0.5, 0.6) is 5.75 Å². The second-order valence-electron chi connectivity index (χ2n) is 6.32. The van der Waals surface area contributed by atoms with E-state index in [-0.39, 0.29) is 0 Å². The third-order valence-electron chi connectivity index (χ3n) is 4.32. The topological polar surface area (TPSA) is 55.4 Å². The Balaban J connectivity index is 1.85. The van der Waals surface area contributed by atoms with Gasteiger partial charge in [-0.25, -0.2) is 8.42 Å². The number of rotatable bonds is 5. The van der Waals surface area contributed by atoms with Gasteiger partial charge in [0.1, 0.15) is 5.75 Å². The summed E-state index contributed by atoms with van der Waals surface area (Å²) in [6, 6.07) is 14.9. The second-order valence-corrected chi connectivity index (χ2v) is 8.30. The molecule has 4 nitrogen and oxygen atoms in total. The van der Waals surface area contributed by atoms with Crippen LogP contribution in [0.2, 0.25) is 0 Å². The van der Waals surface area contributed by atoms with Crippen molar-refractivity contribution in [3.8, 4) is 16.9 Å². The molecule has 2 aromatic carbocycles. The minimum absolute atomic E-state index is 0.313. The molecular formula is C19H23NO3S. The van der Waals surface area contributed by atoms with Crippen LogP contribution in [-0.4, -0.2) is 34.4 Å². The van der Waals surface area contributed by atoms with Crippen molar-refractivity contribution in [3.05, 3.63) is 48.5 Å². The van der Waals surface area contributed by atoms with Crippen molar-refractivity contribution in [2.24, 2.45) is 5.92 Å². The summed E-state index contributed by atoms with van der Waals surface area (Å²) in [5.74, 6) is 1.09. The fourth-order valence-corrected chi connectivity index (χ4v) is 3.95. The minimum Gasteiger partial charge on any atom is -0.493 e.